The molecule has 8 unspecified atom stereocenters. The van der Waals surface area contributed by atoms with Gasteiger partial charge < -0.3 is 5.11 Å². The van der Waals surface area contributed by atoms with Crippen LogP contribution in [-0.2, 0) is 0 Å². The van der Waals surface area contributed by atoms with E-state index in [1.54, 1.807) is 19.3 Å². The minimum absolute atomic E-state index is 0.270. The highest BCUT2D eigenvalue weighted by atomic mass is 16.3. The number of hydrogen-bond acceptors (Lipinski definition) is 1. The SMILES string of the molecule is CC1(CO)CC2CC(C1)C1C3CC(C4CCCC43)C21. The van der Waals surface area contributed by atoms with Gasteiger partial charge in [0.05, 0.1) is 0 Å². The second-order valence-electron chi connectivity index (χ2n) is 9.11. The van der Waals surface area contributed by atoms with Crippen LogP contribution in [0.4, 0.5) is 0 Å². The zero-order valence-electron chi connectivity index (χ0n) is 12.2. The molecule has 5 saturated carbocycles. The van der Waals surface area contributed by atoms with Crippen LogP contribution in [-0.4, -0.2) is 11.7 Å². The molecule has 0 aromatic rings. The molecule has 19 heavy (non-hydrogen) atoms. The molecule has 0 aromatic heterocycles. The van der Waals surface area contributed by atoms with Gasteiger partial charge in [-0.15, -0.1) is 0 Å². The van der Waals surface area contributed by atoms with E-state index in [0.717, 1.165) is 47.3 Å². The lowest BCUT2D eigenvalue weighted by Crippen LogP contribution is -2.32. The molecule has 0 radical (unpaired) electrons. The maximum atomic E-state index is 9.79. The number of rotatable bonds is 1. The minimum Gasteiger partial charge on any atom is -0.396 e. The lowest BCUT2D eigenvalue weighted by Gasteiger charge is -2.38. The largest absolute Gasteiger partial charge is 0.396 e. The first-order valence-electron chi connectivity index (χ1n) is 8.81. The van der Waals surface area contributed by atoms with Gasteiger partial charge >= 0.3 is 0 Å². The summed E-state index contributed by atoms with van der Waals surface area (Å²) in [7, 11) is 0. The fourth-order valence-electron chi connectivity index (χ4n) is 8.15. The Bertz CT molecular complexity index is 372. The third kappa shape index (κ3) is 1.32. The summed E-state index contributed by atoms with van der Waals surface area (Å²) in [4.78, 5) is 0. The summed E-state index contributed by atoms with van der Waals surface area (Å²) >= 11 is 0. The predicted molar refractivity (Wildman–Crippen MR) is 75.4 cm³/mol. The molecular weight excluding hydrogens is 232 g/mol. The van der Waals surface area contributed by atoms with E-state index < -0.39 is 0 Å². The summed E-state index contributed by atoms with van der Waals surface area (Å²) in [5.74, 6) is 8.62. The van der Waals surface area contributed by atoms with Crippen molar-refractivity contribution in [3.63, 3.8) is 0 Å². The summed E-state index contributed by atoms with van der Waals surface area (Å²) in [6.45, 7) is 2.79. The van der Waals surface area contributed by atoms with E-state index in [1.165, 1.54) is 25.7 Å². The zero-order valence-corrected chi connectivity index (χ0v) is 12.2. The second-order valence-corrected chi connectivity index (χ2v) is 9.11. The standard InChI is InChI=1S/C18H28O/c1-18(9-19)7-10-5-11(8-18)17-15-6-14(16(10)17)12-3-2-4-13(12)15/h10-17,19H,2-9H2,1H3. The molecule has 5 aliphatic carbocycles. The van der Waals surface area contributed by atoms with Gasteiger partial charge in [0.15, 0.2) is 0 Å². The monoisotopic (exact) mass is 260 g/mol. The van der Waals surface area contributed by atoms with E-state index in [2.05, 4.69) is 6.92 Å². The van der Waals surface area contributed by atoms with Crippen LogP contribution in [0, 0.1) is 52.8 Å². The second kappa shape index (κ2) is 3.59. The first-order valence-corrected chi connectivity index (χ1v) is 8.81. The maximum Gasteiger partial charge on any atom is 0.0484 e. The molecular formula is C18H28O. The average molecular weight is 260 g/mol. The molecule has 1 heteroatoms. The van der Waals surface area contributed by atoms with E-state index in [1.807, 2.05) is 0 Å². The highest BCUT2D eigenvalue weighted by Crippen LogP contribution is 2.73. The Hall–Kier alpha value is -0.0400. The van der Waals surface area contributed by atoms with Crippen LogP contribution < -0.4 is 0 Å². The van der Waals surface area contributed by atoms with Crippen LogP contribution in [0.25, 0.3) is 0 Å². The van der Waals surface area contributed by atoms with Gasteiger partial charge in [-0.3, -0.25) is 0 Å². The van der Waals surface area contributed by atoms with Crippen LogP contribution >= 0.6 is 0 Å². The van der Waals surface area contributed by atoms with Crippen LogP contribution in [0.5, 0.6) is 0 Å². The molecule has 0 amide bonds. The van der Waals surface area contributed by atoms with Crippen molar-refractivity contribution < 1.29 is 5.11 Å². The van der Waals surface area contributed by atoms with Gasteiger partial charge in [0.1, 0.15) is 0 Å². The molecule has 5 rings (SSSR count). The molecule has 1 nitrogen and oxygen atoms in total. The Kier molecular flexibility index (Phi) is 2.19. The summed E-state index contributed by atoms with van der Waals surface area (Å²) in [5.41, 5.74) is 0.270. The van der Waals surface area contributed by atoms with Gasteiger partial charge in [-0.2, -0.15) is 0 Å². The third-order valence-corrected chi connectivity index (χ3v) is 8.29. The summed E-state index contributed by atoms with van der Waals surface area (Å²) in [6, 6.07) is 0. The Morgan fingerprint density at radius 1 is 0.895 bits per heavy atom. The third-order valence-electron chi connectivity index (χ3n) is 8.29. The van der Waals surface area contributed by atoms with Gasteiger partial charge in [0.2, 0.25) is 0 Å². The average Bonchev–Trinajstić information content (AvgIpc) is 3.10. The number of aliphatic hydroxyl groups excluding tert-OH is 1. The Morgan fingerprint density at radius 2 is 1.47 bits per heavy atom. The molecule has 0 saturated heterocycles. The first-order chi connectivity index (χ1) is 9.20. The zero-order chi connectivity index (χ0) is 12.8. The fourth-order valence-corrected chi connectivity index (χ4v) is 8.15. The quantitative estimate of drug-likeness (QED) is 0.713. The van der Waals surface area contributed by atoms with E-state index in [4.69, 9.17) is 0 Å². The molecule has 0 heterocycles. The molecule has 1 N–H and O–H groups in total. The smallest absolute Gasteiger partial charge is 0.0484 e. The van der Waals surface area contributed by atoms with E-state index in [-0.39, 0.29) is 5.41 Å². The molecule has 8 atom stereocenters. The summed E-state index contributed by atoms with van der Waals surface area (Å²) in [6.07, 6.45) is 10.5. The molecule has 0 spiro atoms. The van der Waals surface area contributed by atoms with Crippen molar-refractivity contribution in [3.05, 3.63) is 0 Å². The molecule has 106 valence electrons. The van der Waals surface area contributed by atoms with Crippen molar-refractivity contribution in [2.24, 2.45) is 52.8 Å². The van der Waals surface area contributed by atoms with Crippen LogP contribution in [0.15, 0.2) is 0 Å². The van der Waals surface area contributed by atoms with Crippen LogP contribution in [0.3, 0.4) is 0 Å². The maximum absolute atomic E-state index is 9.79. The highest BCUT2D eigenvalue weighted by molar-refractivity contribution is 5.14. The number of fused-ring (bicyclic) bond motifs is 12. The predicted octanol–water partition coefficient (Wildman–Crippen LogP) is 3.71. The molecule has 5 fully saturated rings. The van der Waals surface area contributed by atoms with Crippen LogP contribution in [0.1, 0.15) is 51.9 Å². The molecule has 4 bridgehead atoms. The summed E-state index contributed by atoms with van der Waals surface area (Å²) in [5, 5.41) is 9.79. The summed E-state index contributed by atoms with van der Waals surface area (Å²) < 4.78 is 0. The fraction of sp³-hybridized carbons (Fsp3) is 1.00. The van der Waals surface area contributed by atoms with Crippen molar-refractivity contribution in [2.45, 2.75) is 51.9 Å². The van der Waals surface area contributed by atoms with E-state index in [0.29, 0.717) is 6.61 Å². The number of aliphatic hydroxyl groups is 1. The lowest BCUT2D eigenvalue weighted by atomic mass is 9.68. The van der Waals surface area contributed by atoms with Gasteiger partial charge in [0, 0.05) is 6.61 Å². The highest BCUT2D eigenvalue weighted by Gasteiger charge is 2.66. The molecule has 0 aromatic carbocycles. The Morgan fingerprint density at radius 3 is 2.00 bits per heavy atom. The van der Waals surface area contributed by atoms with Crippen molar-refractivity contribution in [1.82, 2.24) is 0 Å². The topological polar surface area (TPSA) is 20.2 Å². The van der Waals surface area contributed by atoms with Crippen LogP contribution in [0.2, 0.25) is 0 Å². The van der Waals surface area contributed by atoms with E-state index in [9.17, 15) is 5.11 Å². The van der Waals surface area contributed by atoms with Crippen molar-refractivity contribution in [1.29, 1.82) is 0 Å². The minimum atomic E-state index is 0.270. The Labute approximate surface area is 117 Å². The molecule has 0 aliphatic heterocycles. The van der Waals surface area contributed by atoms with E-state index >= 15 is 0 Å². The van der Waals surface area contributed by atoms with Gasteiger partial charge in [-0.25, -0.2) is 0 Å². The van der Waals surface area contributed by atoms with Gasteiger partial charge in [-0.05, 0) is 91.3 Å². The van der Waals surface area contributed by atoms with Crippen molar-refractivity contribution in [3.8, 4) is 0 Å². The first kappa shape index (κ1) is 11.6. The number of hydrogen-bond donors (Lipinski definition) is 1. The normalized spacial score (nSPS) is 65.4. The Balaban J connectivity index is 1.50. The van der Waals surface area contributed by atoms with Gasteiger partial charge in [0.25, 0.3) is 0 Å². The van der Waals surface area contributed by atoms with Gasteiger partial charge in [-0.1, -0.05) is 13.3 Å². The lowest BCUT2D eigenvalue weighted by molar-refractivity contribution is 0.0555. The molecule has 5 aliphatic rings. The van der Waals surface area contributed by atoms with Crippen molar-refractivity contribution in [2.75, 3.05) is 6.61 Å². The van der Waals surface area contributed by atoms with Crippen molar-refractivity contribution >= 4 is 0 Å².